The molecule has 3 atom stereocenters. The number of rotatable bonds is 4. The molecule has 8 heteroatoms. The van der Waals surface area contributed by atoms with Crippen molar-refractivity contribution in [3.63, 3.8) is 0 Å². The van der Waals surface area contributed by atoms with Crippen LogP contribution in [-0.2, 0) is 21.4 Å². The molecule has 170 valence electrons. The van der Waals surface area contributed by atoms with Crippen molar-refractivity contribution in [1.82, 2.24) is 9.88 Å². The molecule has 0 radical (unpaired) electrons. The summed E-state index contributed by atoms with van der Waals surface area (Å²) in [5.74, 6) is -2.58. The summed E-state index contributed by atoms with van der Waals surface area (Å²) in [6.07, 6.45) is 3.61. The van der Waals surface area contributed by atoms with Crippen LogP contribution in [0, 0.1) is 11.6 Å². The van der Waals surface area contributed by atoms with E-state index in [2.05, 4.69) is 16.8 Å². The van der Waals surface area contributed by atoms with Gasteiger partial charge in [0.1, 0.15) is 19.5 Å². The van der Waals surface area contributed by atoms with Gasteiger partial charge < -0.3 is 14.8 Å². The quantitative estimate of drug-likeness (QED) is 0.473. The second kappa shape index (κ2) is 8.11. The van der Waals surface area contributed by atoms with E-state index < -0.39 is 23.0 Å². The van der Waals surface area contributed by atoms with Crippen molar-refractivity contribution in [2.45, 2.75) is 37.3 Å². The van der Waals surface area contributed by atoms with Crippen LogP contribution in [0.15, 0.2) is 42.5 Å². The smallest absolute Gasteiger partial charge is 0.328 e. The number of nitrogens with zero attached hydrogens (tertiary/aromatic N) is 1. The fraction of sp³-hybridized carbons (Fsp3) is 0.320. The summed E-state index contributed by atoms with van der Waals surface area (Å²) in [6, 6.07) is 10.4. The molecule has 0 bridgehead atoms. The summed E-state index contributed by atoms with van der Waals surface area (Å²) < 4.78 is 37.1. The standard InChI is InChI=1S/C25H25BF2N2O3/c1-14-10-18-17-4-2-3-5-21(17)29-24(18)25(26,30(14)16-8-9-33-13-16)23-19(27)11-15(12-20(23)28)6-7-22(31)32/h2-7,11-12,14,16,29H,8-10,13,26H2,1H3,(H,31,32)/b7-6+/t14-,16+,25-/m1/s1. The number of benzene rings is 2. The number of carbonyl (C=O) groups is 1. The van der Waals surface area contributed by atoms with Crippen LogP contribution in [0.3, 0.4) is 0 Å². The molecule has 5 rings (SSSR count). The summed E-state index contributed by atoms with van der Waals surface area (Å²) >= 11 is 0. The molecule has 2 N–H and O–H groups in total. The minimum atomic E-state index is -1.18. The number of carboxylic acid groups (broad SMARTS) is 1. The molecule has 1 aromatic heterocycles. The molecule has 0 amide bonds. The molecule has 2 aliphatic heterocycles. The van der Waals surface area contributed by atoms with E-state index in [0.717, 1.165) is 41.1 Å². The SMILES string of the molecule is B[C@@]1(c2c(F)cc(/C=C/C(=O)O)cc2F)c2[nH]c3ccccc3c2C[C@@H](C)N1[C@H]1CCOC1. The third kappa shape index (κ3) is 3.48. The largest absolute Gasteiger partial charge is 0.478 e. The Labute approximate surface area is 191 Å². The van der Waals surface area contributed by atoms with Crippen molar-refractivity contribution in [3.05, 3.63) is 76.5 Å². The van der Waals surface area contributed by atoms with E-state index in [-0.39, 0.29) is 23.2 Å². The molecule has 2 aromatic carbocycles. The Kier molecular flexibility index (Phi) is 5.37. The molecular weight excluding hydrogens is 425 g/mol. The second-order valence-electron chi connectivity index (χ2n) is 9.11. The number of aromatic amines is 1. The number of aliphatic carboxylic acids is 1. The number of H-pyrrole nitrogens is 1. The van der Waals surface area contributed by atoms with Gasteiger partial charge in [0.05, 0.1) is 12.0 Å². The van der Waals surface area contributed by atoms with Crippen molar-refractivity contribution < 1.29 is 23.4 Å². The number of hydrogen-bond acceptors (Lipinski definition) is 3. The highest BCUT2D eigenvalue weighted by Crippen LogP contribution is 2.47. The van der Waals surface area contributed by atoms with E-state index in [0.29, 0.717) is 13.2 Å². The third-order valence-electron chi connectivity index (χ3n) is 7.06. The van der Waals surface area contributed by atoms with E-state index in [1.54, 1.807) is 0 Å². The van der Waals surface area contributed by atoms with Crippen LogP contribution in [0.1, 0.15) is 35.7 Å². The van der Waals surface area contributed by atoms with Gasteiger partial charge in [-0.3, -0.25) is 4.90 Å². The molecule has 1 saturated heterocycles. The number of carboxylic acids is 1. The van der Waals surface area contributed by atoms with E-state index in [4.69, 9.17) is 9.84 Å². The lowest BCUT2D eigenvalue weighted by Gasteiger charge is -2.51. The Balaban J connectivity index is 1.76. The average molecular weight is 450 g/mol. The summed E-state index contributed by atoms with van der Waals surface area (Å²) in [7, 11) is 1.88. The van der Waals surface area contributed by atoms with Gasteiger partial charge in [-0.25, -0.2) is 13.6 Å². The lowest BCUT2D eigenvalue weighted by molar-refractivity contribution is -0.131. The monoisotopic (exact) mass is 450 g/mol. The van der Waals surface area contributed by atoms with Crippen molar-refractivity contribution in [3.8, 4) is 0 Å². The maximum Gasteiger partial charge on any atom is 0.328 e. The summed E-state index contributed by atoms with van der Waals surface area (Å²) in [5.41, 5.74) is 1.82. The molecule has 33 heavy (non-hydrogen) atoms. The Morgan fingerprint density at radius 2 is 2.03 bits per heavy atom. The summed E-state index contributed by atoms with van der Waals surface area (Å²) in [4.78, 5) is 16.5. The lowest BCUT2D eigenvalue weighted by Crippen LogP contribution is -2.61. The number of nitrogens with one attached hydrogen (secondary N) is 1. The molecule has 3 aromatic rings. The normalized spacial score (nSPS) is 25.7. The molecule has 1 fully saturated rings. The number of aromatic nitrogens is 1. The topological polar surface area (TPSA) is 65.6 Å². The number of para-hydroxylation sites is 1. The average Bonchev–Trinajstić information content (AvgIpc) is 3.40. The van der Waals surface area contributed by atoms with Gasteiger partial charge in [0.15, 0.2) is 0 Å². The predicted octanol–water partition coefficient (Wildman–Crippen LogP) is 3.41. The molecule has 0 aliphatic carbocycles. The zero-order chi connectivity index (χ0) is 23.3. The maximum atomic E-state index is 15.7. The van der Waals surface area contributed by atoms with Gasteiger partial charge in [-0.05, 0) is 55.2 Å². The van der Waals surface area contributed by atoms with Crippen LogP contribution in [0.25, 0.3) is 17.0 Å². The third-order valence-corrected chi connectivity index (χ3v) is 7.06. The first-order valence-electron chi connectivity index (χ1n) is 11.2. The molecule has 0 unspecified atom stereocenters. The fourth-order valence-electron chi connectivity index (χ4n) is 5.83. The van der Waals surface area contributed by atoms with Gasteiger partial charge in [0, 0.05) is 46.9 Å². The Morgan fingerprint density at radius 1 is 1.30 bits per heavy atom. The number of hydrogen-bond donors (Lipinski definition) is 2. The molecule has 0 spiro atoms. The minimum Gasteiger partial charge on any atom is -0.478 e. The molecule has 0 saturated carbocycles. The first kappa shape index (κ1) is 21.9. The summed E-state index contributed by atoms with van der Waals surface area (Å²) in [6.45, 7) is 3.23. The molecule has 2 aliphatic rings. The van der Waals surface area contributed by atoms with Gasteiger partial charge in [-0.1, -0.05) is 18.2 Å². The van der Waals surface area contributed by atoms with Gasteiger partial charge in [0.2, 0.25) is 0 Å². The second-order valence-corrected chi connectivity index (χ2v) is 9.11. The Bertz CT molecular complexity index is 1240. The van der Waals surface area contributed by atoms with Gasteiger partial charge in [-0.15, -0.1) is 0 Å². The number of ether oxygens (including phenoxy) is 1. The molecule has 3 heterocycles. The molecular formula is C25H25BF2N2O3. The number of halogens is 2. The van der Waals surface area contributed by atoms with E-state index in [1.165, 1.54) is 18.2 Å². The number of fused-ring (bicyclic) bond motifs is 3. The van der Waals surface area contributed by atoms with Gasteiger partial charge in [0.25, 0.3) is 0 Å². The van der Waals surface area contributed by atoms with Crippen molar-refractivity contribution in [1.29, 1.82) is 0 Å². The Morgan fingerprint density at radius 3 is 2.70 bits per heavy atom. The van der Waals surface area contributed by atoms with Crippen LogP contribution in [0.4, 0.5) is 8.78 Å². The minimum absolute atomic E-state index is 0.0231. The van der Waals surface area contributed by atoms with Crippen LogP contribution >= 0.6 is 0 Å². The fourth-order valence-corrected chi connectivity index (χ4v) is 5.83. The van der Waals surface area contributed by atoms with Crippen molar-refractivity contribution in [2.24, 2.45) is 0 Å². The van der Waals surface area contributed by atoms with Gasteiger partial charge >= 0.3 is 5.97 Å². The van der Waals surface area contributed by atoms with Crippen molar-refractivity contribution in [2.75, 3.05) is 13.2 Å². The Hall–Kier alpha value is -2.97. The van der Waals surface area contributed by atoms with Crippen LogP contribution in [0.5, 0.6) is 0 Å². The van der Waals surface area contributed by atoms with Crippen LogP contribution in [0.2, 0.25) is 0 Å². The van der Waals surface area contributed by atoms with Gasteiger partial charge in [-0.2, -0.15) is 0 Å². The van der Waals surface area contributed by atoms with Crippen LogP contribution < -0.4 is 0 Å². The zero-order valence-electron chi connectivity index (χ0n) is 18.6. The lowest BCUT2D eigenvalue weighted by atomic mass is 9.63. The highest BCUT2D eigenvalue weighted by atomic mass is 19.1. The zero-order valence-corrected chi connectivity index (χ0v) is 18.6. The highest BCUT2D eigenvalue weighted by molar-refractivity contribution is 6.18. The predicted molar refractivity (Wildman–Crippen MR) is 125 cm³/mol. The summed E-state index contributed by atoms with van der Waals surface area (Å²) in [5, 5.41) is 9.94. The highest BCUT2D eigenvalue weighted by Gasteiger charge is 2.50. The van der Waals surface area contributed by atoms with Crippen molar-refractivity contribution >= 4 is 30.8 Å². The molecule has 5 nitrogen and oxygen atoms in total. The van der Waals surface area contributed by atoms with E-state index in [1.807, 2.05) is 32.1 Å². The van der Waals surface area contributed by atoms with E-state index in [9.17, 15) is 4.79 Å². The first-order chi connectivity index (χ1) is 15.8. The maximum absolute atomic E-state index is 15.7. The van der Waals surface area contributed by atoms with E-state index >= 15 is 8.78 Å². The first-order valence-corrected chi connectivity index (χ1v) is 11.2. The van der Waals surface area contributed by atoms with Crippen LogP contribution in [-0.4, -0.2) is 54.1 Å².